The molecule has 0 radical (unpaired) electrons. The molecule has 13 heteroatoms. The molecule has 2 aromatic carbocycles. The number of nitro groups is 2. The number of aromatic nitrogens is 1. The number of halogens is 1. The monoisotopic (exact) mass is 619 g/mol. The van der Waals surface area contributed by atoms with Gasteiger partial charge in [-0.15, -0.1) is 0 Å². The first-order valence-electron chi connectivity index (χ1n) is 12.3. The van der Waals surface area contributed by atoms with Crippen molar-refractivity contribution in [3.05, 3.63) is 89.3 Å². The van der Waals surface area contributed by atoms with Crippen molar-refractivity contribution in [3.8, 4) is 11.1 Å². The van der Waals surface area contributed by atoms with Gasteiger partial charge in [-0.05, 0) is 62.2 Å². The number of hydrogen-bond acceptors (Lipinski definition) is 9. The van der Waals surface area contributed by atoms with Crippen LogP contribution in [0.4, 0.5) is 22.7 Å². The first-order chi connectivity index (χ1) is 18.9. The minimum Gasteiger partial charge on any atom is -0.383 e. The van der Waals surface area contributed by atoms with E-state index in [2.05, 4.69) is 26.6 Å². The molecule has 12 nitrogen and oxygen atoms in total. The molecule has 2 atom stereocenters. The molecule has 0 fully saturated rings. The summed E-state index contributed by atoms with van der Waals surface area (Å²) in [4.78, 5) is 33.0. The normalized spacial score (nSPS) is 12.1. The van der Waals surface area contributed by atoms with Gasteiger partial charge in [0.25, 0.3) is 16.9 Å². The van der Waals surface area contributed by atoms with Gasteiger partial charge >= 0.3 is 0 Å². The lowest BCUT2D eigenvalue weighted by Gasteiger charge is -2.15. The molecule has 216 valence electrons. The predicted molar refractivity (Wildman–Crippen MR) is 159 cm³/mol. The molecule has 3 rings (SSSR count). The Kier molecular flexibility index (Phi) is 12.2. The fraction of sp³-hybridized carbons (Fsp3) is 0.370. The molecule has 2 N–H and O–H groups in total. The van der Waals surface area contributed by atoms with Crippen molar-refractivity contribution in [2.45, 2.75) is 32.9 Å². The quantitative estimate of drug-likeness (QED) is 0.209. The second-order valence-electron chi connectivity index (χ2n) is 9.24. The van der Waals surface area contributed by atoms with E-state index in [1.807, 2.05) is 13.8 Å². The number of rotatable bonds is 11. The van der Waals surface area contributed by atoms with E-state index in [9.17, 15) is 25.0 Å². The number of pyridine rings is 1. The van der Waals surface area contributed by atoms with Crippen molar-refractivity contribution in [2.75, 3.05) is 38.1 Å². The van der Waals surface area contributed by atoms with Gasteiger partial charge in [-0.2, -0.15) is 0 Å². The Balaban J connectivity index is 0.000000305. The summed E-state index contributed by atoms with van der Waals surface area (Å²) in [6, 6.07) is 11.4. The van der Waals surface area contributed by atoms with Crippen molar-refractivity contribution >= 4 is 38.7 Å². The maximum absolute atomic E-state index is 11.8. The van der Waals surface area contributed by atoms with E-state index in [1.54, 1.807) is 64.7 Å². The van der Waals surface area contributed by atoms with Gasteiger partial charge in [0.1, 0.15) is 11.4 Å². The zero-order valence-corrected chi connectivity index (χ0v) is 24.9. The molecule has 0 bridgehead atoms. The number of hydrogen-bond donors (Lipinski definition) is 2. The fourth-order valence-electron chi connectivity index (χ4n) is 3.92. The zero-order valence-electron chi connectivity index (χ0n) is 23.3. The Hall–Kier alpha value is -3.81. The van der Waals surface area contributed by atoms with E-state index in [4.69, 9.17) is 9.47 Å². The smallest absolute Gasteiger partial charge is 0.292 e. The summed E-state index contributed by atoms with van der Waals surface area (Å²) in [7, 11) is 4.85. The molecular formula is C27H34BrN5O7. The molecule has 0 aliphatic rings. The highest BCUT2D eigenvalue weighted by atomic mass is 79.9. The predicted octanol–water partition coefficient (Wildman–Crippen LogP) is 5.52. The largest absolute Gasteiger partial charge is 0.383 e. The van der Waals surface area contributed by atoms with Crippen molar-refractivity contribution in [1.82, 2.24) is 4.57 Å². The van der Waals surface area contributed by atoms with Crippen LogP contribution < -0.4 is 16.2 Å². The lowest BCUT2D eigenvalue weighted by Crippen LogP contribution is -2.21. The highest BCUT2D eigenvalue weighted by molar-refractivity contribution is 9.10. The SMILES string of the molecule is COC[C@H](C)Nc1cc(-c2cc(C)c(=O)n(C)c2)ccc1[N+](=O)[O-].COC[C@H](C)Nc1cc(Br)ccc1[N+](=O)[O-]. The summed E-state index contributed by atoms with van der Waals surface area (Å²) >= 11 is 3.28. The number of aryl methyl sites for hydroxylation is 2. The summed E-state index contributed by atoms with van der Waals surface area (Å²) in [5.41, 5.74) is 3.16. The van der Waals surface area contributed by atoms with Crippen LogP contribution in [0.5, 0.6) is 0 Å². The molecular weight excluding hydrogens is 586 g/mol. The van der Waals surface area contributed by atoms with E-state index in [0.29, 0.717) is 30.2 Å². The highest BCUT2D eigenvalue weighted by Crippen LogP contribution is 2.31. The minimum atomic E-state index is -0.419. The third-order valence-electron chi connectivity index (χ3n) is 5.68. The van der Waals surface area contributed by atoms with Crippen LogP contribution in [-0.4, -0.2) is 53.9 Å². The number of anilines is 2. The summed E-state index contributed by atoms with van der Waals surface area (Å²) < 4.78 is 12.3. The van der Waals surface area contributed by atoms with Crippen LogP contribution in [0.15, 0.2) is 57.9 Å². The molecule has 3 aromatic rings. The van der Waals surface area contributed by atoms with Crippen molar-refractivity contribution in [3.63, 3.8) is 0 Å². The fourth-order valence-corrected chi connectivity index (χ4v) is 4.28. The van der Waals surface area contributed by atoms with Crippen LogP contribution in [0.1, 0.15) is 19.4 Å². The number of benzene rings is 2. The molecule has 40 heavy (non-hydrogen) atoms. The van der Waals surface area contributed by atoms with E-state index < -0.39 is 9.85 Å². The van der Waals surface area contributed by atoms with Crippen LogP contribution in [0.2, 0.25) is 0 Å². The summed E-state index contributed by atoms with van der Waals surface area (Å²) in [6.07, 6.45) is 1.72. The maximum atomic E-state index is 11.8. The van der Waals surface area contributed by atoms with E-state index in [-0.39, 0.29) is 29.0 Å². The lowest BCUT2D eigenvalue weighted by atomic mass is 10.0. The van der Waals surface area contributed by atoms with Gasteiger partial charge < -0.3 is 24.7 Å². The number of nitrogens with one attached hydrogen (secondary N) is 2. The van der Waals surface area contributed by atoms with Gasteiger partial charge in [0.05, 0.1) is 23.1 Å². The van der Waals surface area contributed by atoms with Gasteiger partial charge in [0.2, 0.25) is 0 Å². The molecule has 0 unspecified atom stereocenters. The Morgan fingerprint density at radius 1 is 0.875 bits per heavy atom. The van der Waals surface area contributed by atoms with E-state index in [1.165, 1.54) is 16.7 Å². The summed E-state index contributed by atoms with van der Waals surface area (Å²) in [5, 5.41) is 28.2. The molecule has 0 saturated carbocycles. The van der Waals surface area contributed by atoms with Crippen molar-refractivity contribution in [1.29, 1.82) is 0 Å². The van der Waals surface area contributed by atoms with Crippen LogP contribution >= 0.6 is 15.9 Å². The van der Waals surface area contributed by atoms with Gasteiger partial charge in [-0.3, -0.25) is 25.0 Å². The topological polar surface area (TPSA) is 151 Å². The Bertz CT molecular complexity index is 1370. The summed E-state index contributed by atoms with van der Waals surface area (Å²) in [5.74, 6) is 0. The third kappa shape index (κ3) is 9.14. The first-order valence-corrected chi connectivity index (χ1v) is 13.1. The molecule has 1 heterocycles. The number of nitro benzene ring substituents is 2. The molecule has 0 spiro atoms. The van der Waals surface area contributed by atoms with E-state index in [0.717, 1.165) is 15.6 Å². The van der Waals surface area contributed by atoms with Crippen LogP contribution in [0.25, 0.3) is 11.1 Å². The Morgan fingerprint density at radius 2 is 1.38 bits per heavy atom. The van der Waals surface area contributed by atoms with Crippen LogP contribution in [0, 0.1) is 27.2 Å². The number of methoxy groups -OCH3 is 2. The van der Waals surface area contributed by atoms with Crippen molar-refractivity contribution < 1.29 is 19.3 Å². The van der Waals surface area contributed by atoms with Crippen LogP contribution in [0.3, 0.4) is 0 Å². The molecule has 1 aromatic heterocycles. The second kappa shape index (κ2) is 15.1. The van der Waals surface area contributed by atoms with Crippen molar-refractivity contribution in [2.24, 2.45) is 7.05 Å². The molecule has 0 amide bonds. The average Bonchev–Trinajstić information content (AvgIpc) is 2.87. The van der Waals surface area contributed by atoms with Gasteiger partial charge in [-0.25, -0.2) is 0 Å². The van der Waals surface area contributed by atoms with Gasteiger partial charge in [0.15, 0.2) is 0 Å². The number of nitrogens with zero attached hydrogens (tertiary/aromatic N) is 3. The molecule has 0 saturated heterocycles. The average molecular weight is 621 g/mol. The number of ether oxygens (including phenoxy) is 2. The zero-order chi connectivity index (χ0) is 30.0. The van der Waals surface area contributed by atoms with Gasteiger partial charge in [0, 0.05) is 61.7 Å². The second-order valence-corrected chi connectivity index (χ2v) is 10.2. The maximum Gasteiger partial charge on any atom is 0.292 e. The Morgan fingerprint density at radius 3 is 1.85 bits per heavy atom. The Labute approximate surface area is 240 Å². The molecule has 0 aliphatic heterocycles. The first kappa shape index (κ1) is 32.4. The van der Waals surface area contributed by atoms with Crippen LogP contribution in [-0.2, 0) is 16.5 Å². The highest BCUT2D eigenvalue weighted by Gasteiger charge is 2.17. The van der Waals surface area contributed by atoms with Gasteiger partial charge in [-0.1, -0.05) is 15.9 Å². The van der Waals surface area contributed by atoms with E-state index >= 15 is 0 Å². The minimum absolute atomic E-state index is 0.00300. The molecule has 0 aliphatic carbocycles. The lowest BCUT2D eigenvalue weighted by molar-refractivity contribution is -0.384. The summed E-state index contributed by atoms with van der Waals surface area (Å²) in [6.45, 7) is 6.45. The third-order valence-corrected chi connectivity index (χ3v) is 6.17. The standard InChI is InChI=1S/C17H21N3O4.C10H13BrN2O3/c1-11-7-14(9-19(3)17(11)21)13-5-6-16(20(22)23)15(8-13)18-12(2)10-24-4;1-7(6-16-2)12-9-5-8(11)3-4-10(9)13(14)15/h5-9,12,18H,10H2,1-4H3;3-5,7,12H,6H2,1-2H3/t12-;7-/m00/s1.